The maximum absolute atomic E-state index is 12.7. The van der Waals surface area contributed by atoms with Gasteiger partial charge in [-0.05, 0) is 49.9 Å². The summed E-state index contributed by atoms with van der Waals surface area (Å²) < 4.78 is 12.7. The molecule has 0 aliphatic heterocycles. The third-order valence-electron chi connectivity index (χ3n) is 3.30. The second-order valence-electron chi connectivity index (χ2n) is 4.99. The van der Waals surface area contributed by atoms with Gasteiger partial charge in [-0.15, -0.1) is 0 Å². The van der Waals surface area contributed by atoms with Gasteiger partial charge in [-0.2, -0.15) is 5.10 Å². The number of hydrogen-bond acceptors (Lipinski definition) is 3. The highest BCUT2D eigenvalue weighted by molar-refractivity contribution is 6.39. The molecular weight excluding hydrogens is 273 g/mol. The normalized spacial score (nSPS) is 15.0. The Morgan fingerprint density at radius 3 is 2.19 bits per heavy atom. The number of hydrogen-bond donors (Lipinski definition) is 2. The molecule has 0 heterocycles. The zero-order chi connectivity index (χ0) is 15.1. The molecule has 112 valence electrons. The van der Waals surface area contributed by atoms with Crippen LogP contribution in [-0.4, -0.2) is 17.5 Å². The number of nitrogens with zero attached hydrogens (tertiary/aromatic N) is 1. The number of carbonyl (C=O) groups excluding carboxylic acids is 2. The van der Waals surface area contributed by atoms with Crippen molar-refractivity contribution in [3.63, 3.8) is 0 Å². The number of hydrazone groups is 1. The minimum absolute atomic E-state index is 0.360. The molecule has 2 amide bonds. The summed E-state index contributed by atoms with van der Waals surface area (Å²) >= 11 is 0. The maximum atomic E-state index is 12.7. The van der Waals surface area contributed by atoms with Gasteiger partial charge in [0.25, 0.3) is 0 Å². The van der Waals surface area contributed by atoms with Gasteiger partial charge in [0.1, 0.15) is 5.82 Å². The Hall–Kier alpha value is -2.24. The topological polar surface area (TPSA) is 70.6 Å². The van der Waals surface area contributed by atoms with Crippen LogP contribution in [0.25, 0.3) is 0 Å². The molecule has 21 heavy (non-hydrogen) atoms. The van der Waals surface area contributed by atoms with Crippen LogP contribution in [0.2, 0.25) is 0 Å². The molecule has 0 saturated heterocycles. The Balaban J connectivity index is 1.86. The van der Waals surface area contributed by atoms with Crippen LogP contribution in [0.3, 0.4) is 0 Å². The molecule has 1 saturated carbocycles. The summed E-state index contributed by atoms with van der Waals surface area (Å²) in [7, 11) is 0. The molecule has 0 bridgehead atoms. The summed E-state index contributed by atoms with van der Waals surface area (Å²) in [6.07, 6.45) is 6.21. The van der Waals surface area contributed by atoms with Crippen molar-refractivity contribution in [1.82, 2.24) is 5.43 Å². The van der Waals surface area contributed by atoms with Crippen LogP contribution < -0.4 is 10.7 Å². The Kier molecular flexibility index (Phi) is 5.43. The lowest BCUT2D eigenvalue weighted by Gasteiger charge is -2.05. The van der Waals surface area contributed by atoms with Gasteiger partial charge in [0, 0.05) is 11.4 Å². The average Bonchev–Trinajstić information content (AvgIpc) is 2.75. The number of rotatable bonds is 2. The quantitative estimate of drug-likeness (QED) is 0.499. The van der Waals surface area contributed by atoms with E-state index in [9.17, 15) is 14.0 Å². The minimum atomic E-state index is -0.823. The minimum Gasteiger partial charge on any atom is -0.318 e. The van der Waals surface area contributed by atoms with Gasteiger partial charge in [0.05, 0.1) is 0 Å². The van der Waals surface area contributed by atoms with E-state index in [4.69, 9.17) is 0 Å². The summed E-state index contributed by atoms with van der Waals surface area (Å²) in [6.45, 7) is 0. The van der Waals surface area contributed by atoms with Crippen molar-refractivity contribution in [3.8, 4) is 0 Å². The smallest absolute Gasteiger partial charge is 0.318 e. The summed E-state index contributed by atoms with van der Waals surface area (Å²) in [5.74, 6) is -2.05. The molecule has 1 fully saturated rings. The Morgan fingerprint density at radius 1 is 0.952 bits per heavy atom. The molecule has 6 heteroatoms. The van der Waals surface area contributed by atoms with E-state index in [1.165, 1.54) is 37.1 Å². The molecule has 0 spiro atoms. The molecule has 1 aromatic rings. The standard InChI is InChI=1S/C15H18FN3O2/c16-11-7-9-12(10-8-11)17-14(20)15(21)19-18-13-5-3-1-2-4-6-13/h7-10H,1-6H2,(H,17,20)(H,19,21). The molecule has 1 aromatic carbocycles. The van der Waals surface area contributed by atoms with E-state index < -0.39 is 17.6 Å². The van der Waals surface area contributed by atoms with Gasteiger partial charge in [0.2, 0.25) is 0 Å². The molecule has 5 nitrogen and oxygen atoms in total. The van der Waals surface area contributed by atoms with Crippen LogP contribution in [0.5, 0.6) is 0 Å². The van der Waals surface area contributed by atoms with Crippen LogP contribution >= 0.6 is 0 Å². The lowest BCUT2D eigenvalue weighted by atomic mass is 10.2. The van der Waals surface area contributed by atoms with Crippen molar-refractivity contribution >= 4 is 23.2 Å². The number of benzene rings is 1. The van der Waals surface area contributed by atoms with E-state index in [-0.39, 0.29) is 0 Å². The SMILES string of the molecule is O=C(NN=C1CCCCCC1)C(=O)Nc1ccc(F)cc1. The molecule has 2 rings (SSSR count). The molecule has 0 aromatic heterocycles. The molecular formula is C15H18FN3O2. The van der Waals surface area contributed by atoms with E-state index in [0.717, 1.165) is 31.4 Å². The van der Waals surface area contributed by atoms with Gasteiger partial charge < -0.3 is 5.32 Å². The van der Waals surface area contributed by atoms with Crippen molar-refractivity contribution in [2.75, 3.05) is 5.32 Å². The van der Waals surface area contributed by atoms with Crippen molar-refractivity contribution in [3.05, 3.63) is 30.1 Å². The molecule has 1 aliphatic rings. The zero-order valence-corrected chi connectivity index (χ0v) is 11.7. The highest BCUT2D eigenvalue weighted by Gasteiger charge is 2.14. The second-order valence-corrected chi connectivity index (χ2v) is 4.99. The first-order chi connectivity index (χ1) is 10.1. The van der Waals surface area contributed by atoms with Crippen molar-refractivity contribution in [2.45, 2.75) is 38.5 Å². The van der Waals surface area contributed by atoms with Crippen LogP contribution in [0.4, 0.5) is 10.1 Å². The Bertz CT molecular complexity index is 530. The lowest BCUT2D eigenvalue weighted by molar-refractivity contribution is -0.136. The van der Waals surface area contributed by atoms with Crippen LogP contribution in [0.15, 0.2) is 29.4 Å². The molecule has 1 aliphatic carbocycles. The van der Waals surface area contributed by atoms with E-state index in [2.05, 4.69) is 15.8 Å². The van der Waals surface area contributed by atoms with E-state index >= 15 is 0 Å². The molecule has 2 N–H and O–H groups in total. The highest BCUT2D eigenvalue weighted by Crippen LogP contribution is 2.14. The van der Waals surface area contributed by atoms with Crippen LogP contribution in [0.1, 0.15) is 38.5 Å². The Morgan fingerprint density at radius 2 is 1.57 bits per heavy atom. The summed E-state index contributed by atoms with van der Waals surface area (Å²) in [5, 5.41) is 6.40. The third-order valence-corrected chi connectivity index (χ3v) is 3.30. The zero-order valence-electron chi connectivity index (χ0n) is 11.7. The average molecular weight is 291 g/mol. The van der Waals surface area contributed by atoms with Crippen molar-refractivity contribution < 1.29 is 14.0 Å². The molecule has 0 unspecified atom stereocenters. The van der Waals surface area contributed by atoms with Crippen molar-refractivity contribution in [1.29, 1.82) is 0 Å². The first-order valence-corrected chi connectivity index (χ1v) is 7.07. The van der Waals surface area contributed by atoms with Crippen molar-refractivity contribution in [2.24, 2.45) is 5.10 Å². The van der Waals surface area contributed by atoms with Gasteiger partial charge in [0.15, 0.2) is 0 Å². The predicted octanol–water partition coefficient (Wildman–Crippen LogP) is 2.59. The first-order valence-electron chi connectivity index (χ1n) is 7.07. The number of carbonyl (C=O) groups is 2. The Labute approximate surface area is 122 Å². The number of anilines is 1. The van der Waals surface area contributed by atoms with Crippen LogP contribution in [-0.2, 0) is 9.59 Å². The van der Waals surface area contributed by atoms with Gasteiger partial charge in [-0.3, -0.25) is 9.59 Å². The fourth-order valence-corrected chi connectivity index (χ4v) is 2.15. The first kappa shape index (κ1) is 15.2. The fourth-order valence-electron chi connectivity index (χ4n) is 2.15. The summed E-state index contributed by atoms with van der Waals surface area (Å²) in [5.41, 5.74) is 3.56. The largest absolute Gasteiger partial charge is 0.329 e. The van der Waals surface area contributed by atoms with E-state index in [1.54, 1.807) is 0 Å². The fraction of sp³-hybridized carbons (Fsp3) is 0.400. The van der Waals surface area contributed by atoms with E-state index in [1.807, 2.05) is 0 Å². The van der Waals surface area contributed by atoms with Gasteiger partial charge in [-0.1, -0.05) is 12.8 Å². The van der Waals surface area contributed by atoms with Gasteiger partial charge >= 0.3 is 11.8 Å². The van der Waals surface area contributed by atoms with E-state index in [0.29, 0.717) is 5.69 Å². The predicted molar refractivity (Wildman–Crippen MR) is 78.3 cm³/mol. The molecule has 0 radical (unpaired) electrons. The second kappa shape index (κ2) is 7.52. The third kappa shape index (κ3) is 4.98. The summed E-state index contributed by atoms with van der Waals surface area (Å²) in [6, 6.07) is 5.19. The molecule has 0 atom stereocenters. The number of nitrogens with one attached hydrogen (secondary N) is 2. The highest BCUT2D eigenvalue weighted by atomic mass is 19.1. The number of halogens is 1. The maximum Gasteiger partial charge on any atom is 0.329 e. The lowest BCUT2D eigenvalue weighted by Crippen LogP contribution is -2.33. The summed E-state index contributed by atoms with van der Waals surface area (Å²) in [4.78, 5) is 23.3. The number of amides is 2. The van der Waals surface area contributed by atoms with Crippen LogP contribution in [0, 0.1) is 5.82 Å². The van der Waals surface area contributed by atoms with Gasteiger partial charge in [-0.25, -0.2) is 9.82 Å². The monoisotopic (exact) mass is 291 g/mol.